The predicted molar refractivity (Wildman–Crippen MR) is 60.6 cm³/mol. The number of nitrogens with zero attached hydrogens (tertiary/aromatic N) is 2. The maximum atomic E-state index is 5.56. The number of nitrogens with two attached hydrogens (primary N) is 1. The maximum absolute atomic E-state index is 5.56. The van der Waals surface area contributed by atoms with Crippen molar-refractivity contribution in [3.8, 4) is 5.75 Å². The number of aromatic nitrogens is 2. The van der Waals surface area contributed by atoms with Crippen LogP contribution < -0.4 is 16.0 Å². The fourth-order valence-electron chi connectivity index (χ4n) is 1.23. The van der Waals surface area contributed by atoms with E-state index in [0.29, 0.717) is 18.2 Å². The molecule has 0 atom stereocenters. The van der Waals surface area contributed by atoms with Crippen LogP contribution in [0.2, 0.25) is 0 Å². The number of ether oxygens (including phenoxy) is 1. The summed E-state index contributed by atoms with van der Waals surface area (Å²) in [5, 5.41) is 0. The van der Waals surface area contributed by atoms with Gasteiger partial charge in [0.2, 0.25) is 0 Å². The molecule has 0 saturated heterocycles. The number of hydrogen-bond donors (Lipinski definition) is 2. The van der Waals surface area contributed by atoms with Gasteiger partial charge in [0, 0.05) is 30.2 Å². The minimum Gasteiger partial charge on any atom is -0.489 e. The van der Waals surface area contributed by atoms with Crippen molar-refractivity contribution in [2.24, 2.45) is 5.84 Å². The van der Waals surface area contributed by atoms with Gasteiger partial charge in [0.25, 0.3) is 0 Å². The van der Waals surface area contributed by atoms with E-state index >= 15 is 0 Å². The second kappa shape index (κ2) is 5.09. The molecule has 2 heterocycles. The van der Waals surface area contributed by atoms with Crippen LogP contribution in [0.4, 0.5) is 5.82 Å². The molecule has 0 saturated carbocycles. The lowest BCUT2D eigenvalue weighted by atomic mass is 10.3. The van der Waals surface area contributed by atoms with E-state index in [2.05, 4.69) is 15.4 Å². The molecule has 5 heteroatoms. The zero-order chi connectivity index (χ0) is 11.2. The highest BCUT2D eigenvalue weighted by Gasteiger charge is 1.97. The molecule has 2 rings (SSSR count). The molecule has 0 aliphatic carbocycles. The fraction of sp³-hybridized carbons (Fsp3) is 0.0909. The third-order valence-corrected chi connectivity index (χ3v) is 2.01. The summed E-state index contributed by atoms with van der Waals surface area (Å²) in [6, 6.07) is 7.34. The zero-order valence-corrected chi connectivity index (χ0v) is 8.63. The van der Waals surface area contributed by atoms with Crippen LogP contribution in [0.5, 0.6) is 5.75 Å². The maximum Gasteiger partial charge on any atom is 0.143 e. The van der Waals surface area contributed by atoms with E-state index in [4.69, 9.17) is 10.6 Å². The Balaban J connectivity index is 1.99. The van der Waals surface area contributed by atoms with Crippen molar-refractivity contribution in [3.63, 3.8) is 0 Å². The average molecular weight is 216 g/mol. The smallest absolute Gasteiger partial charge is 0.143 e. The van der Waals surface area contributed by atoms with Gasteiger partial charge in [0.15, 0.2) is 0 Å². The molecule has 5 nitrogen and oxygen atoms in total. The van der Waals surface area contributed by atoms with Gasteiger partial charge >= 0.3 is 0 Å². The van der Waals surface area contributed by atoms with E-state index in [1.807, 2.05) is 12.1 Å². The molecular formula is C11H12N4O. The molecule has 0 aromatic carbocycles. The molecule has 0 unspecified atom stereocenters. The lowest BCUT2D eigenvalue weighted by molar-refractivity contribution is 0.305. The molecular weight excluding hydrogens is 204 g/mol. The van der Waals surface area contributed by atoms with Gasteiger partial charge in [-0.15, -0.1) is 0 Å². The largest absolute Gasteiger partial charge is 0.489 e. The van der Waals surface area contributed by atoms with Gasteiger partial charge in [-0.3, -0.25) is 4.98 Å². The summed E-state index contributed by atoms with van der Waals surface area (Å²) >= 11 is 0. The molecule has 0 bridgehead atoms. The normalized spacial score (nSPS) is 9.81. The number of hydrogen-bond acceptors (Lipinski definition) is 5. The van der Waals surface area contributed by atoms with Gasteiger partial charge in [-0.05, 0) is 12.1 Å². The summed E-state index contributed by atoms with van der Waals surface area (Å²) in [6.45, 7) is 0.474. The van der Waals surface area contributed by atoms with Crippen molar-refractivity contribution in [2.75, 3.05) is 5.43 Å². The van der Waals surface area contributed by atoms with E-state index in [0.717, 1.165) is 5.56 Å². The predicted octanol–water partition coefficient (Wildman–Crippen LogP) is 1.34. The third-order valence-electron chi connectivity index (χ3n) is 2.01. The van der Waals surface area contributed by atoms with Crippen LogP contribution >= 0.6 is 0 Å². The van der Waals surface area contributed by atoms with Crippen LogP contribution in [0.3, 0.4) is 0 Å². The SMILES string of the molecule is NNc1cc(OCc2cccnc2)ccn1. The Kier molecular flexibility index (Phi) is 3.30. The lowest BCUT2D eigenvalue weighted by Gasteiger charge is -2.06. The first-order valence-corrected chi connectivity index (χ1v) is 4.83. The third kappa shape index (κ3) is 2.68. The summed E-state index contributed by atoms with van der Waals surface area (Å²) in [4.78, 5) is 7.99. The molecule has 82 valence electrons. The number of anilines is 1. The van der Waals surface area contributed by atoms with Crippen LogP contribution in [0.1, 0.15) is 5.56 Å². The molecule has 3 N–H and O–H groups in total. The van der Waals surface area contributed by atoms with Crippen LogP contribution in [-0.4, -0.2) is 9.97 Å². The van der Waals surface area contributed by atoms with E-state index < -0.39 is 0 Å². The Hall–Kier alpha value is -2.14. The first kappa shape index (κ1) is 10.4. The van der Waals surface area contributed by atoms with Crippen LogP contribution in [0.25, 0.3) is 0 Å². The number of nitrogens with one attached hydrogen (secondary N) is 1. The monoisotopic (exact) mass is 216 g/mol. The number of hydrazine groups is 1. The minimum atomic E-state index is 0.474. The summed E-state index contributed by atoms with van der Waals surface area (Å²) in [5.74, 6) is 6.54. The van der Waals surface area contributed by atoms with E-state index in [9.17, 15) is 0 Å². The van der Waals surface area contributed by atoms with E-state index in [-0.39, 0.29) is 0 Å². The molecule has 0 fully saturated rings. The van der Waals surface area contributed by atoms with Crippen LogP contribution in [-0.2, 0) is 6.61 Å². The number of rotatable bonds is 4. The molecule has 16 heavy (non-hydrogen) atoms. The van der Waals surface area contributed by atoms with Gasteiger partial charge < -0.3 is 10.2 Å². The Morgan fingerprint density at radius 1 is 1.31 bits per heavy atom. The van der Waals surface area contributed by atoms with E-state index in [1.165, 1.54) is 0 Å². The molecule has 2 aromatic heterocycles. The Labute approximate surface area is 93.3 Å². The van der Waals surface area contributed by atoms with Crippen molar-refractivity contribution in [1.82, 2.24) is 9.97 Å². The number of pyridine rings is 2. The van der Waals surface area contributed by atoms with Crippen LogP contribution in [0.15, 0.2) is 42.9 Å². The van der Waals surface area contributed by atoms with Gasteiger partial charge in [-0.25, -0.2) is 10.8 Å². The van der Waals surface area contributed by atoms with Crippen LogP contribution in [0, 0.1) is 0 Å². The molecule has 0 aliphatic rings. The van der Waals surface area contributed by atoms with Crippen molar-refractivity contribution >= 4 is 5.82 Å². The quantitative estimate of drug-likeness (QED) is 0.596. The number of nitrogen functional groups attached to an aromatic ring is 1. The van der Waals surface area contributed by atoms with E-state index in [1.54, 1.807) is 30.7 Å². The summed E-state index contributed by atoms with van der Waals surface area (Å²) in [7, 11) is 0. The van der Waals surface area contributed by atoms with Gasteiger partial charge in [0.1, 0.15) is 18.2 Å². The second-order valence-electron chi connectivity index (χ2n) is 3.17. The molecule has 2 aromatic rings. The summed E-state index contributed by atoms with van der Waals surface area (Å²) in [5.41, 5.74) is 3.48. The van der Waals surface area contributed by atoms with Gasteiger partial charge in [0.05, 0.1) is 0 Å². The van der Waals surface area contributed by atoms with Gasteiger partial charge in [-0.2, -0.15) is 0 Å². The van der Waals surface area contributed by atoms with Crippen molar-refractivity contribution in [1.29, 1.82) is 0 Å². The van der Waals surface area contributed by atoms with Crippen molar-refractivity contribution in [3.05, 3.63) is 48.4 Å². The topological polar surface area (TPSA) is 73.1 Å². The highest BCUT2D eigenvalue weighted by Crippen LogP contribution is 2.14. The summed E-state index contributed by atoms with van der Waals surface area (Å²) < 4.78 is 5.56. The molecule has 0 amide bonds. The first-order valence-electron chi connectivity index (χ1n) is 4.83. The lowest BCUT2D eigenvalue weighted by Crippen LogP contribution is -2.08. The average Bonchev–Trinajstić information content (AvgIpc) is 2.38. The van der Waals surface area contributed by atoms with Gasteiger partial charge in [-0.1, -0.05) is 6.07 Å². The highest BCUT2D eigenvalue weighted by molar-refractivity contribution is 5.39. The van der Waals surface area contributed by atoms with Crippen molar-refractivity contribution in [2.45, 2.75) is 6.61 Å². The summed E-state index contributed by atoms with van der Waals surface area (Å²) in [6.07, 6.45) is 5.13. The first-order chi connectivity index (χ1) is 7.88. The van der Waals surface area contributed by atoms with Crippen molar-refractivity contribution < 1.29 is 4.74 Å². The Morgan fingerprint density at radius 2 is 2.25 bits per heavy atom. The second-order valence-corrected chi connectivity index (χ2v) is 3.17. The Morgan fingerprint density at radius 3 is 3.00 bits per heavy atom. The standard InChI is InChI=1S/C11H12N4O/c12-15-11-6-10(3-5-14-11)16-8-9-2-1-4-13-7-9/h1-7H,8,12H2,(H,14,15). The molecule has 0 spiro atoms. The zero-order valence-electron chi connectivity index (χ0n) is 8.63. The molecule has 0 radical (unpaired) electrons. The minimum absolute atomic E-state index is 0.474. The Bertz CT molecular complexity index is 447. The molecule has 0 aliphatic heterocycles. The highest BCUT2D eigenvalue weighted by atomic mass is 16.5. The fourth-order valence-corrected chi connectivity index (χ4v) is 1.23.